The maximum absolute atomic E-state index is 12.1. The third-order valence-corrected chi connectivity index (χ3v) is 10.2. The number of carboxylic acids is 1. The van der Waals surface area contributed by atoms with Gasteiger partial charge in [0.25, 0.3) is 5.91 Å². The Morgan fingerprint density at radius 2 is 2.00 bits per heavy atom. The van der Waals surface area contributed by atoms with E-state index in [-0.39, 0.29) is 23.5 Å². The molecule has 4 aliphatic rings. The molecule has 1 amide bonds. The van der Waals surface area contributed by atoms with Gasteiger partial charge in [-0.05, 0) is 104 Å². The predicted molar refractivity (Wildman–Crippen MR) is 134 cm³/mol. The Kier molecular flexibility index (Phi) is 7.67. The Hall–Kier alpha value is -1.54. The highest BCUT2D eigenvalue weighted by atomic mass is 32.2. The number of hydrogen-bond donors (Lipinski definition) is 3. The summed E-state index contributed by atoms with van der Waals surface area (Å²) in [6.07, 6.45) is 12.9. The Bertz CT molecular complexity index is 860. The number of carboxylic acid groups (broad SMARTS) is 1. The van der Waals surface area contributed by atoms with Crippen LogP contribution in [-0.2, 0) is 14.4 Å². The summed E-state index contributed by atoms with van der Waals surface area (Å²) in [6, 6.07) is -0.901. The van der Waals surface area contributed by atoms with Gasteiger partial charge in [0.05, 0.1) is 11.8 Å². The van der Waals surface area contributed by atoms with Crippen molar-refractivity contribution in [2.24, 2.45) is 33.7 Å². The van der Waals surface area contributed by atoms with Crippen LogP contribution in [0.1, 0.15) is 71.6 Å². The number of carbonyl (C=O) groups excluding carboxylic acids is 1. The largest absolute Gasteiger partial charge is 0.480 e. The molecule has 0 heterocycles. The molecular weight excluding hydrogens is 452 g/mol. The summed E-state index contributed by atoms with van der Waals surface area (Å²) < 4.78 is 0. The Morgan fingerprint density at radius 3 is 2.74 bits per heavy atom. The fourth-order valence-corrected chi connectivity index (χ4v) is 7.99. The molecule has 4 rings (SSSR count). The minimum Gasteiger partial charge on any atom is -0.480 e. The number of aliphatic carboxylic acids is 1. The number of thioether (sulfide) groups is 1. The van der Waals surface area contributed by atoms with Crippen LogP contribution in [0.15, 0.2) is 16.8 Å². The molecule has 0 saturated heterocycles. The summed E-state index contributed by atoms with van der Waals surface area (Å²) in [5.74, 6) is 1.17. The number of aliphatic hydroxyl groups is 1. The van der Waals surface area contributed by atoms with E-state index in [2.05, 4.69) is 30.4 Å². The second-order valence-electron chi connectivity index (χ2n) is 11.2. The third-order valence-electron chi connectivity index (χ3n) is 9.55. The van der Waals surface area contributed by atoms with Crippen LogP contribution in [-0.4, -0.2) is 58.6 Å². The lowest BCUT2D eigenvalue weighted by Crippen LogP contribution is -2.51. The Labute approximate surface area is 207 Å². The normalized spacial score (nSPS) is 38.8. The number of nitrogens with one attached hydrogen (secondary N) is 1. The molecule has 0 radical (unpaired) electrons. The molecule has 0 aromatic carbocycles. The van der Waals surface area contributed by atoms with E-state index in [1.807, 2.05) is 6.26 Å². The van der Waals surface area contributed by atoms with Crippen molar-refractivity contribution in [1.29, 1.82) is 0 Å². The van der Waals surface area contributed by atoms with Crippen LogP contribution in [0.4, 0.5) is 0 Å². The molecule has 3 saturated carbocycles. The second kappa shape index (κ2) is 10.2. The number of carbonyl (C=O) groups is 2. The number of hydrogen-bond acceptors (Lipinski definition) is 6. The maximum Gasteiger partial charge on any atom is 0.326 e. The van der Waals surface area contributed by atoms with Gasteiger partial charge in [-0.2, -0.15) is 11.8 Å². The molecule has 0 aromatic rings. The van der Waals surface area contributed by atoms with Crippen molar-refractivity contribution in [1.82, 2.24) is 5.32 Å². The maximum atomic E-state index is 12.1. The first kappa shape index (κ1) is 25.5. The molecule has 190 valence electrons. The van der Waals surface area contributed by atoms with E-state index in [0.29, 0.717) is 29.9 Å². The number of oxime groups is 1. The molecule has 4 aliphatic carbocycles. The van der Waals surface area contributed by atoms with Crippen molar-refractivity contribution in [3.05, 3.63) is 11.6 Å². The van der Waals surface area contributed by atoms with Crippen LogP contribution in [0.5, 0.6) is 0 Å². The molecule has 7 nitrogen and oxygen atoms in total. The van der Waals surface area contributed by atoms with Crippen molar-refractivity contribution in [3.63, 3.8) is 0 Å². The third kappa shape index (κ3) is 4.77. The van der Waals surface area contributed by atoms with E-state index in [9.17, 15) is 19.8 Å². The topological polar surface area (TPSA) is 108 Å². The van der Waals surface area contributed by atoms with Crippen LogP contribution in [0.3, 0.4) is 0 Å². The average molecular weight is 493 g/mol. The summed E-state index contributed by atoms with van der Waals surface area (Å²) in [7, 11) is 0. The molecular formula is C26H40N2O5S. The average Bonchev–Trinajstić information content (AvgIpc) is 3.11. The van der Waals surface area contributed by atoms with Gasteiger partial charge in [-0.25, -0.2) is 4.79 Å². The van der Waals surface area contributed by atoms with Crippen molar-refractivity contribution in [2.45, 2.75) is 83.8 Å². The zero-order chi connectivity index (χ0) is 24.5. The highest BCUT2D eigenvalue weighted by Crippen LogP contribution is 2.65. The summed E-state index contributed by atoms with van der Waals surface area (Å²) >= 11 is 1.55. The lowest BCUT2D eigenvalue weighted by molar-refractivity contribution is -0.142. The van der Waals surface area contributed by atoms with Gasteiger partial charge >= 0.3 is 5.97 Å². The fourth-order valence-electron chi connectivity index (χ4n) is 7.52. The first-order valence-electron chi connectivity index (χ1n) is 12.8. The highest BCUT2D eigenvalue weighted by molar-refractivity contribution is 7.98. The van der Waals surface area contributed by atoms with E-state index in [0.717, 1.165) is 44.2 Å². The molecule has 34 heavy (non-hydrogen) atoms. The molecule has 3 fully saturated rings. The lowest BCUT2D eigenvalue weighted by atomic mass is 9.47. The van der Waals surface area contributed by atoms with Crippen molar-refractivity contribution in [2.75, 3.05) is 18.6 Å². The van der Waals surface area contributed by atoms with Gasteiger partial charge in [-0.1, -0.05) is 24.6 Å². The van der Waals surface area contributed by atoms with Gasteiger partial charge in [0.15, 0.2) is 6.61 Å². The van der Waals surface area contributed by atoms with Crippen molar-refractivity contribution in [3.8, 4) is 0 Å². The van der Waals surface area contributed by atoms with Gasteiger partial charge in [-0.3, -0.25) is 4.79 Å². The lowest BCUT2D eigenvalue weighted by Gasteiger charge is -2.57. The molecule has 0 bridgehead atoms. The van der Waals surface area contributed by atoms with E-state index in [1.54, 1.807) is 11.8 Å². The first-order valence-corrected chi connectivity index (χ1v) is 14.2. The minimum atomic E-state index is -1.03. The van der Waals surface area contributed by atoms with E-state index in [1.165, 1.54) is 18.4 Å². The number of allylic oxidation sites excluding steroid dienone is 2. The smallest absolute Gasteiger partial charge is 0.326 e. The predicted octanol–water partition coefficient (Wildman–Crippen LogP) is 4.01. The van der Waals surface area contributed by atoms with E-state index >= 15 is 0 Å². The van der Waals surface area contributed by atoms with Gasteiger partial charge in [0.2, 0.25) is 0 Å². The number of rotatable bonds is 8. The number of nitrogens with zero attached hydrogens (tertiary/aromatic N) is 1. The Balaban J connectivity index is 1.36. The molecule has 0 unspecified atom stereocenters. The highest BCUT2D eigenvalue weighted by Gasteiger charge is 2.58. The summed E-state index contributed by atoms with van der Waals surface area (Å²) in [5, 5.41) is 26.6. The Morgan fingerprint density at radius 1 is 1.21 bits per heavy atom. The number of aliphatic hydroxyl groups excluding tert-OH is 1. The molecule has 0 aliphatic heterocycles. The second-order valence-corrected chi connectivity index (χ2v) is 12.2. The minimum absolute atomic E-state index is 0.101. The quantitative estimate of drug-likeness (QED) is 0.442. The SMILES string of the molecule is CSCC[C@H](NC(=O)CON=C1C=C2CC[C@H]3[C@@H](CC[C@]4(C)[C@H](O)CC[C@@H]34)[C@@]2(C)CC1)C(=O)O. The van der Waals surface area contributed by atoms with Gasteiger partial charge in [0.1, 0.15) is 6.04 Å². The summed E-state index contributed by atoms with van der Waals surface area (Å²) in [4.78, 5) is 28.8. The molecule has 0 aromatic heterocycles. The molecule has 3 N–H and O–H groups in total. The zero-order valence-corrected chi connectivity index (χ0v) is 21.5. The van der Waals surface area contributed by atoms with Gasteiger partial charge in [-0.15, -0.1) is 0 Å². The number of fused-ring (bicyclic) bond motifs is 5. The summed E-state index contributed by atoms with van der Waals surface area (Å²) in [5.41, 5.74) is 2.61. The van der Waals surface area contributed by atoms with Crippen LogP contribution < -0.4 is 5.32 Å². The van der Waals surface area contributed by atoms with Crippen LogP contribution in [0, 0.1) is 28.6 Å². The molecule has 8 heteroatoms. The molecule has 7 atom stereocenters. The fraction of sp³-hybridized carbons (Fsp3) is 0.808. The standard InChI is InChI=1S/C26H40N2O5S/c1-25-11-8-17(28-33-15-23(30)27-21(24(31)32)10-13-34-3)14-16(25)4-5-18-19-6-7-22(29)26(19,2)12-9-20(18)25/h14,18-22,29H,4-13,15H2,1-3H3,(H,27,30)(H,31,32)/t18-,19+,20-,21+,22-,25+,26+/m1/s1. The number of amides is 1. The first-order chi connectivity index (χ1) is 16.2. The van der Waals surface area contributed by atoms with Crippen LogP contribution in [0.25, 0.3) is 0 Å². The zero-order valence-electron chi connectivity index (χ0n) is 20.7. The van der Waals surface area contributed by atoms with Gasteiger partial charge in [0, 0.05) is 0 Å². The van der Waals surface area contributed by atoms with E-state index < -0.39 is 17.9 Å². The van der Waals surface area contributed by atoms with Crippen molar-refractivity contribution >= 4 is 29.4 Å². The van der Waals surface area contributed by atoms with Crippen LogP contribution >= 0.6 is 11.8 Å². The summed E-state index contributed by atoms with van der Waals surface area (Å²) in [6.45, 7) is 4.47. The van der Waals surface area contributed by atoms with Crippen LogP contribution in [0.2, 0.25) is 0 Å². The van der Waals surface area contributed by atoms with Crippen molar-refractivity contribution < 1.29 is 24.6 Å². The monoisotopic (exact) mass is 492 g/mol. The van der Waals surface area contributed by atoms with E-state index in [4.69, 9.17) is 4.84 Å². The van der Waals surface area contributed by atoms with Gasteiger partial charge < -0.3 is 20.4 Å². The molecule has 0 spiro atoms.